The molecule has 5 rings (SSSR count). The first kappa shape index (κ1) is 17.2. The van der Waals surface area contributed by atoms with Crippen molar-refractivity contribution >= 4 is 22.7 Å². The molecule has 0 radical (unpaired) electrons. The molecule has 2 aliphatic rings. The number of furan rings is 1. The third kappa shape index (κ3) is 2.58. The Morgan fingerprint density at radius 1 is 1.25 bits per heavy atom. The molecule has 3 aromatic rings. The topological polar surface area (TPSA) is 79.2 Å². The summed E-state index contributed by atoms with van der Waals surface area (Å²) in [5.74, 6) is 1.76. The van der Waals surface area contributed by atoms with Crippen LogP contribution < -0.4 is 0 Å². The van der Waals surface area contributed by atoms with Gasteiger partial charge in [0.1, 0.15) is 11.6 Å². The van der Waals surface area contributed by atoms with E-state index in [2.05, 4.69) is 11.1 Å². The number of aromatic amines is 1. The SMILES string of the molecule is Cc1ccc2nc(C3CCCN3C(=O)c3oc4c(c3C)C(=O)CCC4)[nH]c2c1. The standard InChI is InChI=1S/C22H23N3O3/c1-12-8-9-14-15(11-12)24-21(23-14)16-5-4-10-25(16)22(27)20-13(2)19-17(26)6-3-7-18(19)28-20/h8-9,11,16H,3-7,10H2,1-2H3,(H,23,24). The number of nitrogens with one attached hydrogen (secondary N) is 1. The highest BCUT2D eigenvalue weighted by Crippen LogP contribution is 2.36. The fraction of sp³-hybridized carbons (Fsp3) is 0.409. The molecule has 0 spiro atoms. The van der Waals surface area contributed by atoms with Crippen molar-refractivity contribution in [1.29, 1.82) is 0 Å². The van der Waals surface area contributed by atoms with Crippen molar-refractivity contribution in [3.63, 3.8) is 0 Å². The Morgan fingerprint density at radius 2 is 2.11 bits per heavy atom. The highest BCUT2D eigenvalue weighted by Gasteiger charge is 2.37. The molecule has 1 fully saturated rings. The Labute approximate surface area is 162 Å². The van der Waals surface area contributed by atoms with Gasteiger partial charge < -0.3 is 14.3 Å². The van der Waals surface area contributed by atoms with Crippen molar-refractivity contribution < 1.29 is 14.0 Å². The number of hydrogen-bond donors (Lipinski definition) is 1. The summed E-state index contributed by atoms with van der Waals surface area (Å²) in [5, 5.41) is 0. The summed E-state index contributed by atoms with van der Waals surface area (Å²) in [5.41, 5.74) is 4.39. The number of imidazole rings is 1. The molecule has 1 unspecified atom stereocenters. The van der Waals surface area contributed by atoms with E-state index in [1.807, 2.05) is 30.9 Å². The van der Waals surface area contributed by atoms with E-state index in [0.29, 0.717) is 35.6 Å². The van der Waals surface area contributed by atoms with Crippen LogP contribution in [0.3, 0.4) is 0 Å². The third-order valence-corrected chi connectivity index (χ3v) is 5.99. The van der Waals surface area contributed by atoms with Gasteiger partial charge in [0, 0.05) is 24.9 Å². The van der Waals surface area contributed by atoms with Crippen LogP contribution in [0.1, 0.15) is 75.3 Å². The molecule has 6 nitrogen and oxygen atoms in total. The van der Waals surface area contributed by atoms with Crippen molar-refractivity contribution in [2.24, 2.45) is 0 Å². The molecular weight excluding hydrogens is 354 g/mol. The number of ketones is 1. The van der Waals surface area contributed by atoms with Gasteiger partial charge in [-0.2, -0.15) is 0 Å². The van der Waals surface area contributed by atoms with Crippen LogP contribution in [0.15, 0.2) is 22.6 Å². The summed E-state index contributed by atoms with van der Waals surface area (Å²) in [4.78, 5) is 35.6. The smallest absolute Gasteiger partial charge is 0.290 e. The van der Waals surface area contributed by atoms with E-state index in [9.17, 15) is 9.59 Å². The lowest BCUT2D eigenvalue weighted by molar-refractivity contribution is 0.0694. The van der Waals surface area contributed by atoms with E-state index >= 15 is 0 Å². The Morgan fingerprint density at radius 3 is 2.93 bits per heavy atom. The number of aromatic nitrogens is 2. The largest absolute Gasteiger partial charge is 0.455 e. The number of carbonyl (C=O) groups excluding carboxylic acids is 2. The van der Waals surface area contributed by atoms with Gasteiger partial charge in [-0.15, -0.1) is 0 Å². The molecule has 2 aromatic heterocycles. The van der Waals surface area contributed by atoms with Gasteiger partial charge in [-0.1, -0.05) is 6.07 Å². The Hall–Kier alpha value is -2.89. The van der Waals surface area contributed by atoms with Gasteiger partial charge in [0.2, 0.25) is 0 Å². The number of nitrogens with zero attached hydrogens (tertiary/aromatic N) is 2. The number of fused-ring (bicyclic) bond motifs is 2. The zero-order valence-electron chi connectivity index (χ0n) is 16.2. The predicted molar refractivity (Wildman–Crippen MR) is 105 cm³/mol. The van der Waals surface area contributed by atoms with Gasteiger partial charge in [0.05, 0.1) is 22.6 Å². The lowest BCUT2D eigenvalue weighted by atomic mass is 9.94. The number of amides is 1. The zero-order chi connectivity index (χ0) is 19.4. The zero-order valence-corrected chi connectivity index (χ0v) is 16.2. The number of hydrogen-bond acceptors (Lipinski definition) is 4. The Balaban J connectivity index is 1.50. The van der Waals surface area contributed by atoms with Gasteiger partial charge >= 0.3 is 0 Å². The maximum atomic E-state index is 13.3. The fourth-order valence-electron chi connectivity index (χ4n) is 4.58. The summed E-state index contributed by atoms with van der Waals surface area (Å²) in [6.07, 6.45) is 3.83. The van der Waals surface area contributed by atoms with Crippen LogP contribution in [0.4, 0.5) is 0 Å². The number of benzene rings is 1. The van der Waals surface area contributed by atoms with Crippen LogP contribution in [0.25, 0.3) is 11.0 Å². The van der Waals surface area contributed by atoms with Crippen LogP contribution in [-0.2, 0) is 6.42 Å². The molecule has 1 amide bonds. The van der Waals surface area contributed by atoms with E-state index in [1.165, 1.54) is 5.56 Å². The van der Waals surface area contributed by atoms with E-state index in [4.69, 9.17) is 9.40 Å². The molecule has 28 heavy (non-hydrogen) atoms. The number of likely N-dealkylation sites (tertiary alicyclic amines) is 1. The molecule has 144 valence electrons. The minimum Gasteiger partial charge on any atom is -0.455 e. The highest BCUT2D eigenvalue weighted by atomic mass is 16.4. The summed E-state index contributed by atoms with van der Waals surface area (Å²) in [6.45, 7) is 4.54. The molecule has 1 N–H and O–H groups in total. The monoisotopic (exact) mass is 377 g/mol. The second-order valence-corrected chi connectivity index (χ2v) is 7.93. The molecule has 3 heterocycles. The van der Waals surface area contributed by atoms with Gasteiger partial charge in [-0.05, 0) is 50.8 Å². The second kappa shape index (κ2) is 6.33. The molecule has 1 atom stereocenters. The van der Waals surface area contributed by atoms with Crippen LogP contribution in [-0.4, -0.2) is 33.1 Å². The number of Topliss-reactive ketones (excluding diaryl/α,β-unsaturated/α-hetero) is 1. The average molecular weight is 377 g/mol. The van der Waals surface area contributed by atoms with E-state index in [1.54, 1.807) is 0 Å². The minimum atomic E-state index is -0.140. The highest BCUT2D eigenvalue weighted by molar-refractivity contribution is 6.03. The van der Waals surface area contributed by atoms with Gasteiger partial charge in [-0.3, -0.25) is 9.59 Å². The summed E-state index contributed by atoms with van der Waals surface area (Å²) < 4.78 is 5.90. The van der Waals surface area contributed by atoms with Crippen molar-refractivity contribution in [3.8, 4) is 0 Å². The average Bonchev–Trinajstić information content (AvgIpc) is 3.37. The van der Waals surface area contributed by atoms with Gasteiger partial charge in [0.25, 0.3) is 5.91 Å². The van der Waals surface area contributed by atoms with Crippen LogP contribution in [0.5, 0.6) is 0 Å². The fourth-order valence-corrected chi connectivity index (χ4v) is 4.58. The first-order valence-electron chi connectivity index (χ1n) is 9.95. The van der Waals surface area contributed by atoms with Crippen LogP contribution >= 0.6 is 0 Å². The molecule has 1 aromatic carbocycles. The summed E-state index contributed by atoms with van der Waals surface area (Å²) in [7, 11) is 0. The summed E-state index contributed by atoms with van der Waals surface area (Å²) in [6, 6.07) is 6.02. The molecule has 1 saturated heterocycles. The minimum absolute atomic E-state index is 0.0900. The second-order valence-electron chi connectivity index (χ2n) is 7.93. The molecule has 1 aliphatic carbocycles. The first-order chi connectivity index (χ1) is 13.5. The number of rotatable bonds is 2. The van der Waals surface area contributed by atoms with E-state index in [0.717, 1.165) is 42.5 Å². The van der Waals surface area contributed by atoms with E-state index < -0.39 is 0 Å². The molecular formula is C22H23N3O3. The Bertz CT molecular complexity index is 1110. The van der Waals surface area contributed by atoms with Gasteiger partial charge in [-0.25, -0.2) is 4.98 Å². The third-order valence-electron chi connectivity index (χ3n) is 5.99. The number of aryl methyl sites for hydroxylation is 2. The van der Waals surface area contributed by atoms with Crippen molar-refractivity contribution in [3.05, 3.63) is 52.2 Å². The number of carbonyl (C=O) groups is 2. The van der Waals surface area contributed by atoms with E-state index in [-0.39, 0.29) is 17.7 Å². The van der Waals surface area contributed by atoms with Crippen LogP contribution in [0.2, 0.25) is 0 Å². The Kier molecular flexibility index (Phi) is 3.89. The van der Waals surface area contributed by atoms with Gasteiger partial charge in [0.15, 0.2) is 11.5 Å². The molecule has 0 bridgehead atoms. The van der Waals surface area contributed by atoms with Crippen LogP contribution in [0, 0.1) is 13.8 Å². The maximum absolute atomic E-state index is 13.3. The quantitative estimate of drug-likeness (QED) is 0.723. The molecule has 6 heteroatoms. The lowest BCUT2D eigenvalue weighted by Gasteiger charge is -2.22. The summed E-state index contributed by atoms with van der Waals surface area (Å²) >= 11 is 0. The molecule has 0 saturated carbocycles. The predicted octanol–water partition coefficient (Wildman–Crippen LogP) is 4.27. The molecule has 1 aliphatic heterocycles. The maximum Gasteiger partial charge on any atom is 0.290 e. The normalized spacial score (nSPS) is 19.4. The first-order valence-corrected chi connectivity index (χ1v) is 9.95. The van der Waals surface area contributed by atoms with Crippen molar-refractivity contribution in [1.82, 2.24) is 14.9 Å². The lowest BCUT2D eigenvalue weighted by Crippen LogP contribution is -2.31. The van der Waals surface area contributed by atoms with Crippen molar-refractivity contribution in [2.75, 3.05) is 6.54 Å². The number of H-pyrrole nitrogens is 1. The van der Waals surface area contributed by atoms with Crippen molar-refractivity contribution in [2.45, 2.75) is 52.0 Å².